The van der Waals surface area contributed by atoms with E-state index >= 15 is 0 Å². The molecule has 1 aliphatic rings. The van der Waals surface area contributed by atoms with Crippen LogP contribution in [0.15, 0.2) is 40.4 Å². The molecule has 0 radical (unpaired) electrons. The highest BCUT2D eigenvalue weighted by Gasteiger charge is 2.35. The van der Waals surface area contributed by atoms with Crippen LogP contribution < -0.4 is 19.7 Å². The van der Waals surface area contributed by atoms with Crippen LogP contribution in [0.5, 0.6) is 11.5 Å². The monoisotopic (exact) mass is 536 g/mol. The maximum Gasteiger partial charge on any atom is 0.270 e. The number of hydrogen-bond acceptors (Lipinski definition) is 5. The summed E-state index contributed by atoms with van der Waals surface area (Å²) in [6, 6.07) is 8.72. The summed E-state index contributed by atoms with van der Waals surface area (Å²) in [7, 11) is 1.50. The number of halogens is 2. The van der Waals surface area contributed by atoms with Gasteiger partial charge >= 0.3 is 0 Å². The number of methoxy groups -OCH3 is 1. The number of rotatable bonds is 6. The van der Waals surface area contributed by atoms with E-state index in [1.807, 2.05) is 26.8 Å². The summed E-state index contributed by atoms with van der Waals surface area (Å²) < 4.78 is 12.2. The van der Waals surface area contributed by atoms with Gasteiger partial charge in [0.15, 0.2) is 16.6 Å². The van der Waals surface area contributed by atoms with Gasteiger partial charge in [-0.3, -0.25) is 19.8 Å². The Labute approximate surface area is 205 Å². The van der Waals surface area contributed by atoms with Crippen molar-refractivity contribution >= 4 is 68.4 Å². The van der Waals surface area contributed by atoms with Crippen molar-refractivity contribution in [3.8, 4) is 11.5 Å². The number of carbonyl (C=O) groups excluding carboxylic acids is 2. The Bertz CT molecular complexity index is 1140. The third kappa shape index (κ3) is 4.98. The van der Waals surface area contributed by atoms with Crippen LogP contribution in [0.25, 0.3) is 6.08 Å². The van der Waals surface area contributed by atoms with Gasteiger partial charge in [0.05, 0.1) is 23.9 Å². The lowest BCUT2D eigenvalue weighted by atomic mass is 10.1. The van der Waals surface area contributed by atoms with Gasteiger partial charge in [-0.05, 0) is 80.0 Å². The Hall–Kier alpha value is -2.42. The quantitative estimate of drug-likeness (QED) is 0.302. The first kappa shape index (κ1) is 24.2. The lowest BCUT2D eigenvalue weighted by Gasteiger charge is -2.30. The van der Waals surface area contributed by atoms with Crippen LogP contribution in [0.3, 0.4) is 0 Å². The minimum atomic E-state index is -0.582. The Morgan fingerprint density at radius 1 is 1.28 bits per heavy atom. The predicted molar refractivity (Wildman–Crippen MR) is 133 cm³/mol. The van der Waals surface area contributed by atoms with Crippen molar-refractivity contribution in [2.45, 2.75) is 33.3 Å². The minimum Gasteiger partial charge on any atom is -0.493 e. The molecular weight excluding hydrogens is 516 g/mol. The average molecular weight is 538 g/mol. The number of aryl methyl sites for hydroxylation is 1. The summed E-state index contributed by atoms with van der Waals surface area (Å²) in [5.41, 5.74) is 1.85. The van der Waals surface area contributed by atoms with E-state index in [0.29, 0.717) is 27.8 Å². The Balaban J connectivity index is 2.03. The molecule has 3 rings (SSSR count). The zero-order valence-corrected chi connectivity index (χ0v) is 21.2. The molecule has 1 N–H and O–H groups in total. The van der Waals surface area contributed by atoms with E-state index in [1.165, 1.54) is 18.1 Å². The fourth-order valence-corrected chi connectivity index (χ4v) is 4.15. The predicted octanol–water partition coefficient (Wildman–Crippen LogP) is 5.43. The SMILES string of the molecule is CC[C@H](C)Oc1c(Cl)cc(/C=C2\C(=O)NC(=S)N(c3ccc(Br)cc3C)C2=O)cc1OC. The van der Waals surface area contributed by atoms with Gasteiger partial charge in [-0.25, -0.2) is 0 Å². The molecule has 1 heterocycles. The van der Waals surface area contributed by atoms with Crippen LogP contribution in [0, 0.1) is 6.92 Å². The molecular formula is C23H22BrClN2O4S. The van der Waals surface area contributed by atoms with Crippen molar-refractivity contribution in [2.24, 2.45) is 0 Å². The second-order valence-corrected chi connectivity index (χ2v) is 8.97. The number of nitrogens with one attached hydrogen (secondary N) is 1. The first-order valence-electron chi connectivity index (χ1n) is 9.88. The molecule has 0 saturated carbocycles. The molecule has 2 amide bonds. The van der Waals surface area contributed by atoms with Crippen molar-refractivity contribution in [1.82, 2.24) is 5.32 Å². The maximum absolute atomic E-state index is 13.3. The molecule has 2 aromatic carbocycles. The highest BCUT2D eigenvalue weighted by atomic mass is 79.9. The minimum absolute atomic E-state index is 0.0236. The normalized spacial score (nSPS) is 16.2. The highest BCUT2D eigenvalue weighted by Crippen LogP contribution is 2.38. The van der Waals surface area contributed by atoms with Gasteiger partial charge in [0.1, 0.15) is 5.57 Å². The van der Waals surface area contributed by atoms with Gasteiger partial charge in [-0.2, -0.15) is 0 Å². The molecule has 0 spiro atoms. The van der Waals surface area contributed by atoms with E-state index in [0.717, 1.165) is 16.5 Å². The maximum atomic E-state index is 13.3. The zero-order valence-electron chi connectivity index (χ0n) is 18.0. The van der Waals surface area contributed by atoms with E-state index in [-0.39, 0.29) is 16.8 Å². The smallest absolute Gasteiger partial charge is 0.270 e. The zero-order chi connectivity index (χ0) is 23.6. The molecule has 1 fully saturated rings. The summed E-state index contributed by atoms with van der Waals surface area (Å²) in [4.78, 5) is 27.2. The first-order valence-corrected chi connectivity index (χ1v) is 11.5. The van der Waals surface area contributed by atoms with E-state index in [2.05, 4.69) is 21.2 Å². The summed E-state index contributed by atoms with van der Waals surface area (Å²) in [5, 5.41) is 2.93. The number of carbonyl (C=O) groups is 2. The van der Waals surface area contributed by atoms with Crippen LogP contribution in [-0.2, 0) is 9.59 Å². The largest absolute Gasteiger partial charge is 0.493 e. The van der Waals surface area contributed by atoms with E-state index in [9.17, 15) is 9.59 Å². The van der Waals surface area contributed by atoms with Crippen molar-refractivity contribution in [1.29, 1.82) is 0 Å². The molecule has 9 heteroatoms. The average Bonchev–Trinajstić information content (AvgIpc) is 2.73. The number of benzene rings is 2. The van der Waals surface area contributed by atoms with Crippen LogP contribution in [0.2, 0.25) is 5.02 Å². The fraction of sp³-hybridized carbons (Fsp3) is 0.261. The molecule has 6 nitrogen and oxygen atoms in total. The van der Waals surface area contributed by atoms with Gasteiger partial charge in [-0.15, -0.1) is 0 Å². The number of thiocarbonyl (C=S) groups is 1. The third-order valence-corrected chi connectivity index (χ3v) is 6.02. The van der Waals surface area contributed by atoms with E-state index in [1.54, 1.807) is 24.3 Å². The van der Waals surface area contributed by atoms with Crippen LogP contribution in [0.1, 0.15) is 31.4 Å². The molecule has 0 aromatic heterocycles. The van der Waals surface area contributed by atoms with Crippen molar-refractivity contribution in [3.05, 3.63) is 56.5 Å². The second-order valence-electron chi connectivity index (χ2n) is 7.26. The topological polar surface area (TPSA) is 67.9 Å². The number of amides is 2. The Kier molecular flexibility index (Phi) is 7.59. The second kappa shape index (κ2) is 10.0. The fourth-order valence-electron chi connectivity index (χ4n) is 3.13. The van der Waals surface area contributed by atoms with Crippen LogP contribution in [0.4, 0.5) is 5.69 Å². The molecule has 32 heavy (non-hydrogen) atoms. The van der Waals surface area contributed by atoms with Crippen LogP contribution in [-0.4, -0.2) is 30.1 Å². The number of hydrogen-bond donors (Lipinski definition) is 1. The van der Waals surface area contributed by atoms with Crippen molar-refractivity contribution in [2.75, 3.05) is 12.0 Å². The summed E-state index contributed by atoms with van der Waals surface area (Å²) >= 11 is 15.1. The molecule has 2 aromatic rings. The molecule has 0 aliphatic carbocycles. The Morgan fingerprint density at radius 3 is 2.62 bits per heavy atom. The van der Waals surface area contributed by atoms with Gasteiger partial charge in [0.2, 0.25) is 0 Å². The Morgan fingerprint density at radius 2 is 2.00 bits per heavy atom. The molecule has 0 unspecified atom stereocenters. The lowest BCUT2D eigenvalue weighted by molar-refractivity contribution is -0.122. The van der Waals surface area contributed by atoms with Crippen molar-refractivity contribution < 1.29 is 19.1 Å². The third-order valence-electron chi connectivity index (χ3n) is 4.96. The molecule has 1 saturated heterocycles. The van der Waals surface area contributed by atoms with E-state index in [4.69, 9.17) is 33.3 Å². The van der Waals surface area contributed by atoms with Gasteiger partial charge in [0, 0.05) is 4.47 Å². The highest BCUT2D eigenvalue weighted by molar-refractivity contribution is 9.10. The summed E-state index contributed by atoms with van der Waals surface area (Å²) in [6.45, 7) is 5.79. The molecule has 0 bridgehead atoms. The standard InChI is InChI=1S/C23H22BrClN2O4S/c1-5-13(3)31-20-17(25)10-14(11-19(20)30-4)9-16-21(28)26-23(32)27(22(16)29)18-7-6-15(24)8-12(18)2/h6-11,13H,5H2,1-4H3,(H,26,28,32)/b16-9+/t13-/m0/s1. The number of ether oxygens (including phenoxy) is 2. The van der Waals surface area contributed by atoms with Gasteiger partial charge in [-0.1, -0.05) is 34.5 Å². The lowest BCUT2D eigenvalue weighted by Crippen LogP contribution is -2.54. The summed E-state index contributed by atoms with van der Waals surface area (Å²) in [5.74, 6) is -0.289. The molecule has 1 atom stereocenters. The van der Waals surface area contributed by atoms with Crippen molar-refractivity contribution in [3.63, 3.8) is 0 Å². The first-order chi connectivity index (χ1) is 15.2. The number of nitrogens with zero attached hydrogens (tertiary/aromatic N) is 1. The van der Waals surface area contributed by atoms with Crippen LogP contribution >= 0.6 is 39.7 Å². The summed E-state index contributed by atoms with van der Waals surface area (Å²) in [6.07, 6.45) is 2.20. The molecule has 1 aliphatic heterocycles. The van der Waals surface area contributed by atoms with Gasteiger partial charge < -0.3 is 9.47 Å². The number of anilines is 1. The molecule has 168 valence electrons. The van der Waals surface area contributed by atoms with E-state index < -0.39 is 11.8 Å². The van der Waals surface area contributed by atoms with Gasteiger partial charge in [0.25, 0.3) is 11.8 Å².